The van der Waals surface area contributed by atoms with E-state index in [9.17, 15) is 10.2 Å². The third-order valence-electron chi connectivity index (χ3n) is 9.83. The summed E-state index contributed by atoms with van der Waals surface area (Å²) < 4.78 is 0. The molecule has 2 aliphatic rings. The topological polar surface area (TPSA) is 97.8 Å². The molecule has 0 saturated carbocycles. The summed E-state index contributed by atoms with van der Waals surface area (Å²) in [6.45, 7) is 17.0. The van der Waals surface area contributed by atoms with Gasteiger partial charge in [0.1, 0.15) is 11.2 Å². The molecule has 0 fully saturated rings. The summed E-state index contributed by atoms with van der Waals surface area (Å²) in [4.78, 5) is 17.6. The summed E-state index contributed by atoms with van der Waals surface area (Å²) in [6.07, 6.45) is 5.95. The van der Waals surface area contributed by atoms with Gasteiger partial charge in [0.05, 0.1) is 22.8 Å². The van der Waals surface area contributed by atoms with Gasteiger partial charge in [-0.3, -0.25) is 4.98 Å². The fraction of sp³-hybridized carbons (Fsp3) is 0.500. The van der Waals surface area contributed by atoms with Crippen LogP contribution in [-0.4, -0.2) is 30.1 Å². The summed E-state index contributed by atoms with van der Waals surface area (Å²) in [5.41, 5.74) is 11.6. The number of nitrogens with zero attached hydrogens (tertiary/aromatic N) is 2. The van der Waals surface area contributed by atoms with Gasteiger partial charge in [-0.15, -0.1) is 0 Å². The highest BCUT2D eigenvalue weighted by Gasteiger charge is 2.55. The molecule has 6 nitrogen and oxygen atoms in total. The van der Waals surface area contributed by atoms with E-state index in [-0.39, 0.29) is 0 Å². The van der Waals surface area contributed by atoms with Crippen LogP contribution in [0.4, 0.5) is 0 Å². The Hall–Kier alpha value is -3.22. The molecule has 42 heavy (non-hydrogen) atoms. The largest absolute Gasteiger partial charge is 0.380 e. The Kier molecular flexibility index (Phi) is 8.25. The molecule has 2 atom stereocenters. The average molecular weight is 569 g/mol. The van der Waals surface area contributed by atoms with Crippen molar-refractivity contribution >= 4 is 33.2 Å². The van der Waals surface area contributed by atoms with E-state index in [1.165, 1.54) is 33.4 Å². The third kappa shape index (κ3) is 4.37. The number of aromatic amines is 2. The molecule has 0 aliphatic carbocycles. The van der Waals surface area contributed by atoms with Crippen LogP contribution in [0.5, 0.6) is 0 Å². The lowest BCUT2D eigenvalue weighted by atomic mass is 9.77. The number of H-pyrrole nitrogens is 2. The Morgan fingerprint density at radius 2 is 0.833 bits per heavy atom. The van der Waals surface area contributed by atoms with Gasteiger partial charge in [-0.1, -0.05) is 55.4 Å². The van der Waals surface area contributed by atoms with Crippen molar-refractivity contribution in [3.05, 3.63) is 69.3 Å². The van der Waals surface area contributed by atoms with Gasteiger partial charge in [-0.25, -0.2) is 4.98 Å². The fourth-order valence-corrected chi connectivity index (χ4v) is 7.49. The molecular formula is C36H48N4O2. The molecule has 0 aromatic carbocycles. The van der Waals surface area contributed by atoms with E-state index in [2.05, 4.69) is 63.6 Å². The lowest BCUT2D eigenvalue weighted by molar-refractivity contribution is -0.162. The first-order valence-corrected chi connectivity index (χ1v) is 16.1. The van der Waals surface area contributed by atoms with Crippen LogP contribution in [0.2, 0.25) is 0 Å². The Morgan fingerprint density at radius 1 is 0.500 bits per heavy atom. The summed E-state index contributed by atoms with van der Waals surface area (Å²) >= 11 is 0. The smallest absolute Gasteiger partial charge is 0.140 e. The van der Waals surface area contributed by atoms with Crippen molar-refractivity contribution in [1.29, 1.82) is 0 Å². The van der Waals surface area contributed by atoms with Crippen molar-refractivity contribution < 1.29 is 10.2 Å². The highest BCUT2D eigenvalue weighted by molar-refractivity contribution is 5.93. The van der Waals surface area contributed by atoms with E-state index in [1.54, 1.807) is 0 Å². The highest BCUT2D eigenvalue weighted by atomic mass is 16.4. The molecule has 8 bridgehead atoms. The zero-order valence-corrected chi connectivity index (χ0v) is 26.8. The van der Waals surface area contributed by atoms with Gasteiger partial charge in [0, 0.05) is 22.1 Å². The molecule has 0 amide bonds. The Morgan fingerprint density at radius 3 is 1.12 bits per heavy atom. The van der Waals surface area contributed by atoms with Crippen molar-refractivity contribution in [2.75, 3.05) is 0 Å². The second-order valence-electron chi connectivity index (χ2n) is 11.7. The number of fused-ring (bicyclic) bond motifs is 8. The Labute approximate surface area is 250 Å². The molecule has 0 radical (unpaired) electrons. The van der Waals surface area contributed by atoms with E-state index in [0.29, 0.717) is 24.2 Å². The SMILES string of the molecule is CCC1=C(CC)c2cc3[nH]c(cc4nc(cc5[nH]c(cc1n2)c(CC)c5CC)[C@](O)(CC)[C@]4(O)CC)c(CC)c3CC. The zero-order chi connectivity index (χ0) is 30.4. The number of allylic oxidation sites excluding steroid dienone is 2. The molecule has 5 heterocycles. The number of rotatable bonds is 8. The first-order valence-electron chi connectivity index (χ1n) is 16.1. The molecule has 0 saturated heterocycles. The van der Waals surface area contributed by atoms with Gasteiger partial charge in [-0.2, -0.15) is 0 Å². The minimum atomic E-state index is -1.51. The third-order valence-corrected chi connectivity index (χ3v) is 9.83. The minimum absolute atomic E-state index is 0.343. The highest BCUT2D eigenvalue weighted by Crippen LogP contribution is 2.48. The van der Waals surface area contributed by atoms with Gasteiger partial charge < -0.3 is 20.2 Å². The second kappa shape index (κ2) is 11.5. The normalized spacial score (nSPS) is 20.5. The van der Waals surface area contributed by atoms with Crippen LogP contribution in [0.3, 0.4) is 0 Å². The fourth-order valence-electron chi connectivity index (χ4n) is 7.49. The van der Waals surface area contributed by atoms with Gasteiger partial charge in [0.2, 0.25) is 0 Å². The van der Waals surface area contributed by atoms with Crippen LogP contribution >= 0.6 is 0 Å². The molecule has 0 spiro atoms. The van der Waals surface area contributed by atoms with Crippen molar-refractivity contribution in [2.24, 2.45) is 0 Å². The summed E-state index contributed by atoms with van der Waals surface area (Å²) in [7, 11) is 0. The lowest BCUT2D eigenvalue weighted by Gasteiger charge is -2.36. The van der Waals surface area contributed by atoms with Crippen LogP contribution in [0.25, 0.3) is 33.2 Å². The van der Waals surface area contributed by atoms with Crippen molar-refractivity contribution in [3.8, 4) is 0 Å². The molecule has 0 unspecified atom stereocenters. The van der Waals surface area contributed by atoms with E-state index in [1.807, 2.05) is 26.0 Å². The van der Waals surface area contributed by atoms with Crippen LogP contribution < -0.4 is 0 Å². The number of aryl methyl sites for hydroxylation is 4. The van der Waals surface area contributed by atoms with Crippen molar-refractivity contribution in [1.82, 2.24) is 19.9 Å². The Bertz CT molecular complexity index is 1590. The molecular weight excluding hydrogens is 520 g/mol. The summed E-state index contributed by atoms with van der Waals surface area (Å²) in [5, 5.41) is 24.3. The predicted octanol–water partition coefficient (Wildman–Crippen LogP) is 8.19. The Balaban J connectivity index is 2.06. The summed E-state index contributed by atoms with van der Waals surface area (Å²) in [6, 6.07) is 8.37. The zero-order valence-electron chi connectivity index (χ0n) is 26.8. The van der Waals surface area contributed by atoms with Crippen LogP contribution in [0, 0.1) is 0 Å². The summed E-state index contributed by atoms with van der Waals surface area (Å²) in [5.74, 6) is 0. The molecule has 4 N–H and O–H groups in total. The number of hydrogen-bond donors (Lipinski definition) is 4. The molecule has 3 aromatic rings. The van der Waals surface area contributed by atoms with Crippen molar-refractivity contribution in [2.45, 2.75) is 118 Å². The van der Waals surface area contributed by atoms with Gasteiger partial charge in [-0.05, 0) is 109 Å². The maximum atomic E-state index is 12.2. The predicted molar refractivity (Wildman–Crippen MR) is 174 cm³/mol. The van der Waals surface area contributed by atoms with Gasteiger partial charge >= 0.3 is 0 Å². The lowest BCUT2D eigenvalue weighted by Crippen LogP contribution is -2.45. The standard InChI is InChI=1S/C36H48N4O2/c1-9-21-22(10-2)28-18-30-24(12-4)26(14-6)32(39-30)20-34-36(42,16-8)35(41,15-7)33(40-34)19-31-25(13-5)23(11-3)29(38-31)17-27(21)37-28/h17-20,38-39,41-42H,9-16H2,1-8H3/t35-,36+. The molecule has 224 valence electrons. The van der Waals surface area contributed by atoms with E-state index < -0.39 is 11.2 Å². The average Bonchev–Trinajstić information content (AvgIpc) is 3.68. The first kappa shape index (κ1) is 30.2. The van der Waals surface area contributed by atoms with Crippen LogP contribution in [0.1, 0.15) is 126 Å². The van der Waals surface area contributed by atoms with E-state index in [0.717, 1.165) is 72.0 Å². The van der Waals surface area contributed by atoms with Crippen LogP contribution in [0.15, 0.2) is 24.3 Å². The van der Waals surface area contributed by atoms with Gasteiger partial charge in [0.25, 0.3) is 0 Å². The number of hydrogen-bond acceptors (Lipinski definition) is 4. The van der Waals surface area contributed by atoms with Crippen molar-refractivity contribution in [3.63, 3.8) is 0 Å². The van der Waals surface area contributed by atoms with E-state index in [4.69, 9.17) is 9.97 Å². The quantitative estimate of drug-likeness (QED) is 0.220. The minimum Gasteiger partial charge on any atom is -0.380 e. The monoisotopic (exact) mass is 568 g/mol. The number of nitrogens with one attached hydrogen (secondary N) is 2. The van der Waals surface area contributed by atoms with E-state index >= 15 is 0 Å². The first-order chi connectivity index (χ1) is 20.2. The maximum absolute atomic E-state index is 12.2. The molecule has 5 rings (SSSR count). The number of aliphatic hydroxyl groups is 2. The maximum Gasteiger partial charge on any atom is 0.140 e. The molecule has 2 aliphatic heterocycles. The molecule has 6 heteroatoms. The number of aromatic nitrogens is 4. The second-order valence-corrected chi connectivity index (χ2v) is 11.7. The molecule has 3 aromatic heterocycles. The van der Waals surface area contributed by atoms with Gasteiger partial charge in [0.15, 0.2) is 0 Å². The van der Waals surface area contributed by atoms with Crippen LogP contribution in [-0.2, 0) is 36.9 Å².